The predicted molar refractivity (Wildman–Crippen MR) is 240 cm³/mol. The molecule has 304 valence electrons. The minimum Gasteiger partial charge on any atom is -0.147 e. The fourth-order valence-electron chi connectivity index (χ4n) is 7.93. The van der Waals surface area contributed by atoms with Crippen molar-refractivity contribution in [1.29, 1.82) is 0 Å². The SMILES string of the molecule is CCCCCCCCCCCCCCCCP(CCCCCCCCCCCCCCCC)CCCCCCCCCCCCCCCC.Cl. The highest BCUT2D eigenvalue weighted by Crippen LogP contribution is 2.39. The van der Waals surface area contributed by atoms with Crippen LogP contribution in [0.15, 0.2) is 0 Å². The van der Waals surface area contributed by atoms with Crippen LogP contribution in [0.5, 0.6) is 0 Å². The maximum absolute atomic E-state index is 2.32. The van der Waals surface area contributed by atoms with Gasteiger partial charge in [0.1, 0.15) is 0 Å². The van der Waals surface area contributed by atoms with Gasteiger partial charge in [-0.15, -0.1) is 20.3 Å². The van der Waals surface area contributed by atoms with Crippen LogP contribution in [0.4, 0.5) is 0 Å². The summed E-state index contributed by atoms with van der Waals surface area (Å²) >= 11 is 0. The summed E-state index contributed by atoms with van der Waals surface area (Å²) in [5, 5.41) is 0. The highest BCUT2D eigenvalue weighted by atomic mass is 35.5. The average Bonchev–Trinajstić information content (AvgIpc) is 3.11. The van der Waals surface area contributed by atoms with Crippen LogP contribution in [0.25, 0.3) is 0 Å². The van der Waals surface area contributed by atoms with Gasteiger partial charge in [-0.1, -0.05) is 271 Å². The van der Waals surface area contributed by atoms with Crippen LogP contribution in [0.2, 0.25) is 0 Å². The quantitative estimate of drug-likeness (QED) is 0.0430. The Hall–Kier alpha value is 0.720. The maximum Gasteiger partial charge on any atom is -0.0326 e. The molecule has 0 unspecified atom stereocenters. The minimum atomic E-state index is 0. The standard InChI is InChI=1S/C48H99P.ClH/c1-4-7-10-13-16-19-22-25-28-31-34-37-40-43-46-49(47-44-41-38-35-32-29-26-23-20-17-14-11-8-5-2)48-45-42-39-36-33-30-27-24-21-18-15-12-9-6-3;/h4-48H2,1-3H3;1H. The number of unbranched alkanes of at least 4 members (excludes halogenated alkanes) is 39. The molecule has 0 spiro atoms. The topological polar surface area (TPSA) is 0 Å². The summed E-state index contributed by atoms with van der Waals surface area (Å²) in [5.74, 6) is 0. The van der Waals surface area contributed by atoms with Gasteiger partial charge < -0.3 is 0 Å². The van der Waals surface area contributed by atoms with Crippen molar-refractivity contribution in [3.05, 3.63) is 0 Å². The zero-order valence-electron chi connectivity index (χ0n) is 35.7. The Morgan fingerprint density at radius 1 is 0.180 bits per heavy atom. The molecule has 0 bridgehead atoms. The lowest BCUT2D eigenvalue weighted by molar-refractivity contribution is 0.537. The van der Waals surface area contributed by atoms with Crippen LogP contribution >= 0.6 is 20.3 Å². The van der Waals surface area contributed by atoms with Gasteiger partial charge in [0.2, 0.25) is 0 Å². The fourth-order valence-corrected chi connectivity index (χ4v) is 10.6. The van der Waals surface area contributed by atoms with E-state index in [0.717, 1.165) is 0 Å². The smallest absolute Gasteiger partial charge is 0.0326 e. The molecule has 0 aromatic rings. The predicted octanol–water partition coefficient (Wildman–Crippen LogP) is 19.3. The Kier molecular flexibility index (Phi) is 52.5. The second-order valence-electron chi connectivity index (χ2n) is 16.6. The summed E-state index contributed by atoms with van der Waals surface area (Å²) in [6, 6.07) is 0. The Morgan fingerprint density at radius 3 is 0.440 bits per heavy atom. The summed E-state index contributed by atoms with van der Waals surface area (Å²) in [4.78, 5) is 0. The molecule has 0 amide bonds. The molecule has 0 aliphatic carbocycles. The lowest BCUT2D eigenvalue weighted by Crippen LogP contribution is -1.97. The van der Waals surface area contributed by atoms with Crippen LogP contribution in [0.3, 0.4) is 0 Å². The molecule has 0 N–H and O–H groups in total. The van der Waals surface area contributed by atoms with E-state index in [-0.39, 0.29) is 12.4 Å². The van der Waals surface area contributed by atoms with Gasteiger partial charge in [-0.05, 0) is 37.7 Å². The van der Waals surface area contributed by atoms with E-state index >= 15 is 0 Å². The normalized spacial score (nSPS) is 11.5. The summed E-state index contributed by atoms with van der Waals surface area (Å²) in [6.45, 7) is 6.97. The van der Waals surface area contributed by atoms with Gasteiger partial charge in [0.05, 0.1) is 0 Å². The van der Waals surface area contributed by atoms with E-state index in [9.17, 15) is 0 Å². The second kappa shape index (κ2) is 49.7. The van der Waals surface area contributed by atoms with Gasteiger partial charge in [0.25, 0.3) is 0 Å². The zero-order valence-corrected chi connectivity index (χ0v) is 37.4. The monoisotopic (exact) mass is 743 g/mol. The molecule has 0 atom stereocenters. The van der Waals surface area contributed by atoms with Crippen LogP contribution in [-0.4, -0.2) is 18.5 Å². The van der Waals surface area contributed by atoms with Crippen molar-refractivity contribution in [1.82, 2.24) is 0 Å². The molecule has 0 nitrogen and oxygen atoms in total. The Labute approximate surface area is 328 Å². The molecular weight excluding hydrogens is 643 g/mol. The van der Waals surface area contributed by atoms with Crippen LogP contribution in [0, 0.1) is 0 Å². The first-order chi connectivity index (χ1) is 24.3. The molecule has 0 aliphatic heterocycles. The highest BCUT2D eigenvalue weighted by molar-refractivity contribution is 7.57. The van der Waals surface area contributed by atoms with Gasteiger partial charge in [0, 0.05) is 0 Å². The number of hydrogen-bond acceptors (Lipinski definition) is 0. The molecule has 0 aromatic carbocycles. The first kappa shape index (κ1) is 52.8. The average molecular weight is 744 g/mol. The summed E-state index contributed by atoms with van der Waals surface area (Å²) < 4.78 is 0. The van der Waals surface area contributed by atoms with Crippen molar-refractivity contribution >= 4 is 20.3 Å². The van der Waals surface area contributed by atoms with Gasteiger partial charge in [-0.3, -0.25) is 0 Å². The zero-order chi connectivity index (χ0) is 35.4. The van der Waals surface area contributed by atoms with E-state index in [1.54, 1.807) is 37.7 Å². The van der Waals surface area contributed by atoms with E-state index in [0.29, 0.717) is 7.92 Å². The van der Waals surface area contributed by atoms with Crippen molar-refractivity contribution in [3.63, 3.8) is 0 Å². The third-order valence-electron chi connectivity index (χ3n) is 11.5. The van der Waals surface area contributed by atoms with E-state index in [1.807, 2.05) is 0 Å². The number of halogens is 1. The van der Waals surface area contributed by atoms with Gasteiger partial charge in [-0.2, -0.15) is 0 Å². The molecule has 2 heteroatoms. The number of hydrogen-bond donors (Lipinski definition) is 0. The Bertz CT molecular complexity index is 474. The van der Waals surface area contributed by atoms with Crippen molar-refractivity contribution < 1.29 is 0 Å². The fraction of sp³-hybridized carbons (Fsp3) is 1.00. The lowest BCUT2D eigenvalue weighted by atomic mass is 10.0. The van der Waals surface area contributed by atoms with Gasteiger partial charge >= 0.3 is 0 Å². The van der Waals surface area contributed by atoms with Crippen LogP contribution in [-0.2, 0) is 0 Å². The number of rotatable bonds is 45. The van der Waals surface area contributed by atoms with E-state index in [1.165, 1.54) is 250 Å². The van der Waals surface area contributed by atoms with Crippen molar-refractivity contribution in [2.24, 2.45) is 0 Å². The molecule has 0 fully saturated rings. The summed E-state index contributed by atoms with van der Waals surface area (Å²) in [7, 11) is 0.318. The van der Waals surface area contributed by atoms with Crippen LogP contribution in [0.1, 0.15) is 290 Å². The van der Waals surface area contributed by atoms with Crippen molar-refractivity contribution in [2.75, 3.05) is 18.5 Å². The molecule has 0 rings (SSSR count). The van der Waals surface area contributed by atoms with Gasteiger partial charge in [0.15, 0.2) is 0 Å². The van der Waals surface area contributed by atoms with E-state index < -0.39 is 0 Å². The first-order valence-corrected chi connectivity index (χ1v) is 26.0. The van der Waals surface area contributed by atoms with Crippen molar-refractivity contribution in [2.45, 2.75) is 290 Å². The molecule has 0 aliphatic rings. The summed E-state index contributed by atoms with van der Waals surface area (Å²) in [5.41, 5.74) is 0. The molecule has 0 radical (unpaired) electrons. The second-order valence-corrected chi connectivity index (χ2v) is 19.3. The molecule has 0 saturated carbocycles. The third kappa shape index (κ3) is 46.7. The van der Waals surface area contributed by atoms with Crippen molar-refractivity contribution in [3.8, 4) is 0 Å². The lowest BCUT2D eigenvalue weighted by Gasteiger charge is -2.18. The van der Waals surface area contributed by atoms with Crippen LogP contribution < -0.4 is 0 Å². The first-order valence-electron chi connectivity index (χ1n) is 24.1. The highest BCUT2D eigenvalue weighted by Gasteiger charge is 2.08. The van der Waals surface area contributed by atoms with E-state index in [2.05, 4.69) is 20.8 Å². The Balaban J connectivity index is 0. The third-order valence-corrected chi connectivity index (χ3v) is 14.3. The minimum absolute atomic E-state index is 0. The van der Waals surface area contributed by atoms with Gasteiger partial charge in [-0.25, -0.2) is 0 Å². The molecular formula is C48H100ClP. The molecule has 50 heavy (non-hydrogen) atoms. The maximum atomic E-state index is 2.32. The Morgan fingerprint density at radius 2 is 0.300 bits per heavy atom. The molecule has 0 heterocycles. The largest absolute Gasteiger partial charge is 0.147 e. The summed E-state index contributed by atoms with van der Waals surface area (Å²) in [6.07, 6.45) is 67.3. The molecule has 0 saturated heterocycles. The van der Waals surface area contributed by atoms with E-state index in [4.69, 9.17) is 0 Å². The molecule has 0 aromatic heterocycles.